The van der Waals surface area contributed by atoms with Crippen molar-refractivity contribution in [2.24, 2.45) is 10.2 Å². The van der Waals surface area contributed by atoms with Gasteiger partial charge in [-0.15, -0.1) is 5.10 Å². The summed E-state index contributed by atoms with van der Waals surface area (Å²) in [5.41, 5.74) is 0.254. The van der Waals surface area contributed by atoms with Gasteiger partial charge in [0.2, 0.25) is 11.9 Å². The number of amides is 2. The fourth-order valence-corrected chi connectivity index (χ4v) is 2.84. The second-order valence-corrected chi connectivity index (χ2v) is 7.26. The smallest absolute Gasteiger partial charge is 0.413 e. The minimum Gasteiger partial charge on any atom is -0.450 e. The monoisotopic (exact) mass is 480 g/mol. The van der Waals surface area contributed by atoms with E-state index in [9.17, 15) is 14.4 Å². The number of H-pyrrole nitrogens is 1. The Morgan fingerprint density at radius 3 is 2.50 bits per heavy atom. The lowest BCUT2D eigenvalue weighted by Crippen LogP contribution is -2.37. The Balaban J connectivity index is 2.21. The van der Waals surface area contributed by atoms with Crippen molar-refractivity contribution in [3.8, 4) is 17.7 Å². The number of hydrogen-bond acceptors (Lipinski definition) is 9. The molecule has 0 aliphatic heterocycles. The molecule has 1 unspecified atom stereocenters. The van der Waals surface area contributed by atoms with Crippen molar-refractivity contribution in [2.75, 3.05) is 6.61 Å². The number of nitriles is 1. The molecule has 0 fully saturated rings. The van der Waals surface area contributed by atoms with Gasteiger partial charge in [-0.1, -0.05) is 37.0 Å². The Morgan fingerprint density at radius 1 is 1.28 bits per heavy atom. The number of nitrogens with one attached hydrogen (secondary N) is 2. The summed E-state index contributed by atoms with van der Waals surface area (Å²) in [6.45, 7) is 5.30. The summed E-state index contributed by atoms with van der Waals surface area (Å²) in [4.78, 5) is 35.0. The molecule has 2 aromatic rings. The maximum absolute atomic E-state index is 11.9. The third kappa shape index (κ3) is 6.50. The Morgan fingerprint density at radius 2 is 1.94 bits per heavy atom. The van der Waals surface area contributed by atoms with Gasteiger partial charge in [0.15, 0.2) is 5.75 Å². The van der Waals surface area contributed by atoms with Crippen molar-refractivity contribution in [3.63, 3.8) is 0 Å². The third-order valence-electron chi connectivity index (χ3n) is 3.78. The van der Waals surface area contributed by atoms with Crippen molar-refractivity contribution in [1.29, 1.82) is 5.26 Å². The molecule has 0 saturated heterocycles. The SMILES string of the molecule is CCOC(=O)NC(=O)C(C#N)N=Nc1cc(Cl)c(Oc2cc(C(C)C)c(=O)[nH]n2)c(Cl)c1. The molecule has 0 bridgehead atoms. The molecule has 0 radical (unpaired) electrons. The molecule has 2 rings (SSSR count). The van der Waals surface area contributed by atoms with Gasteiger partial charge in [0.1, 0.15) is 6.07 Å². The van der Waals surface area contributed by atoms with Crippen molar-refractivity contribution < 1.29 is 19.1 Å². The summed E-state index contributed by atoms with van der Waals surface area (Å²) < 4.78 is 10.2. The van der Waals surface area contributed by atoms with Gasteiger partial charge in [-0.25, -0.2) is 9.89 Å². The first-order chi connectivity index (χ1) is 15.2. The zero-order valence-corrected chi connectivity index (χ0v) is 18.7. The molecule has 1 aromatic carbocycles. The fraction of sp³-hybridized carbons (Fsp3) is 0.316. The zero-order chi connectivity index (χ0) is 23.8. The number of carbonyl (C=O) groups excluding carboxylic acids is 2. The van der Waals surface area contributed by atoms with E-state index in [0.717, 1.165) is 0 Å². The van der Waals surface area contributed by atoms with Crippen molar-refractivity contribution in [2.45, 2.75) is 32.7 Å². The van der Waals surface area contributed by atoms with Crippen LogP contribution in [0.4, 0.5) is 10.5 Å². The van der Waals surface area contributed by atoms with E-state index < -0.39 is 18.0 Å². The highest BCUT2D eigenvalue weighted by molar-refractivity contribution is 6.37. The molecule has 0 aliphatic rings. The van der Waals surface area contributed by atoms with E-state index in [1.165, 1.54) is 18.2 Å². The summed E-state index contributed by atoms with van der Waals surface area (Å²) in [5.74, 6) is -0.936. The molecule has 0 spiro atoms. The molecule has 32 heavy (non-hydrogen) atoms. The number of imide groups is 1. The average molecular weight is 481 g/mol. The van der Waals surface area contributed by atoms with Crippen LogP contribution in [0.3, 0.4) is 0 Å². The number of halogens is 2. The van der Waals surface area contributed by atoms with E-state index in [1.54, 1.807) is 13.0 Å². The highest BCUT2D eigenvalue weighted by atomic mass is 35.5. The largest absolute Gasteiger partial charge is 0.450 e. The second-order valence-electron chi connectivity index (χ2n) is 6.44. The lowest BCUT2D eigenvalue weighted by Gasteiger charge is -2.11. The minimum atomic E-state index is -1.60. The van der Waals surface area contributed by atoms with E-state index in [1.807, 2.05) is 19.2 Å². The minimum absolute atomic E-state index is 0.0371. The van der Waals surface area contributed by atoms with E-state index in [0.29, 0.717) is 5.56 Å². The maximum Gasteiger partial charge on any atom is 0.413 e. The summed E-state index contributed by atoms with van der Waals surface area (Å²) in [5, 5.41) is 24.6. The number of aromatic amines is 1. The second kappa shape index (κ2) is 11.2. The van der Waals surface area contributed by atoms with Gasteiger partial charge >= 0.3 is 6.09 Å². The predicted molar refractivity (Wildman–Crippen MR) is 115 cm³/mol. The number of alkyl carbamates (subject to hydrolysis) is 1. The molecule has 1 aromatic heterocycles. The summed E-state index contributed by atoms with van der Waals surface area (Å²) in [7, 11) is 0. The highest BCUT2D eigenvalue weighted by Crippen LogP contribution is 2.39. The van der Waals surface area contributed by atoms with E-state index in [-0.39, 0.29) is 45.4 Å². The Labute approximate surface area is 192 Å². The lowest BCUT2D eigenvalue weighted by molar-refractivity contribution is -0.120. The maximum atomic E-state index is 11.9. The van der Waals surface area contributed by atoms with E-state index in [2.05, 4.69) is 25.2 Å². The van der Waals surface area contributed by atoms with Crippen LogP contribution in [0.25, 0.3) is 0 Å². The third-order valence-corrected chi connectivity index (χ3v) is 4.34. The summed E-state index contributed by atoms with van der Waals surface area (Å²) in [6, 6.07) is 4.14. The number of benzene rings is 1. The van der Waals surface area contributed by atoms with E-state index in [4.69, 9.17) is 33.2 Å². The quantitative estimate of drug-likeness (QED) is 0.560. The molecular weight excluding hydrogens is 463 g/mol. The normalized spacial score (nSPS) is 11.8. The first-order valence-corrected chi connectivity index (χ1v) is 9.96. The van der Waals surface area contributed by atoms with Crippen LogP contribution >= 0.6 is 23.2 Å². The molecule has 2 N–H and O–H groups in total. The standard InChI is InChI=1S/C19H18Cl2N6O5/c1-4-31-19(30)23-18(29)14(8-22)25-24-10-5-12(20)16(13(21)6-10)32-15-7-11(9(2)3)17(28)27-26-15/h5-7,9,14H,4H2,1-3H3,(H,27,28)(H,23,29,30). The number of hydrogen-bond donors (Lipinski definition) is 2. The van der Waals surface area contributed by atoms with Crippen molar-refractivity contribution in [3.05, 3.63) is 44.2 Å². The topological polar surface area (TPSA) is 159 Å². The van der Waals surface area contributed by atoms with Crippen molar-refractivity contribution in [1.82, 2.24) is 15.5 Å². The molecule has 1 atom stereocenters. The number of nitrogens with zero attached hydrogens (tertiary/aromatic N) is 4. The lowest BCUT2D eigenvalue weighted by atomic mass is 10.1. The molecule has 168 valence electrons. The number of ether oxygens (including phenoxy) is 2. The van der Waals surface area contributed by atoms with Crippen LogP contribution in [0, 0.1) is 11.3 Å². The van der Waals surface area contributed by atoms with Gasteiger partial charge in [0.05, 0.1) is 22.3 Å². The van der Waals surface area contributed by atoms with Crippen molar-refractivity contribution >= 4 is 40.9 Å². The molecule has 0 saturated carbocycles. The molecule has 0 aliphatic carbocycles. The van der Waals surface area contributed by atoms with Crippen LogP contribution in [-0.2, 0) is 9.53 Å². The zero-order valence-electron chi connectivity index (χ0n) is 17.2. The first kappa shape index (κ1) is 24.8. The van der Waals surface area contributed by atoms with E-state index >= 15 is 0 Å². The van der Waals surface area contributed by atoms with Gasteiger partial charge in [-0.3, -0.25) is 14.9 Å². The van der Waals surface area contributed by atoms with Crippen LogP contribution in [0.1, 0.15) is 32.3 Å². The first-order valence-electron chi connectivity index (χ1n) is 9.20. The molecule has 11 nitrogen and oxygen atoms in total. The summed E-state index contributed by atoms with van der Waals surface area (Å²) >= 11 is 12.4. The fourth-order valence-electron chi connectivity index (χ4n) is 2.29. The number of carbonyl (C=O) groups is 2. The molecule has 1 heterocycles. The predicted octanol–water partition coefficient (Wildman–Crippen LogP) is 4.24. The highest BCUT2D eigenvalue weighted by Gasteiger charge is 2.20. The van der Waals surface area contributed by atoms with Gasteiger partial charge in [-0.05, 0) is 25.0 Å². The van der Waals surface area contributed by atoms with Gasteiger partial charge < -0.3 is 9.47 Å². The van der Waals surface area contributed by atoms with Crippen LogP contribution < -0.4 is 15.6 Å². The molecule has 13 heteroatoms. The number of rotatable bonds is 7. The van der Waals surface area contributed by atoms with Crippen LogP contribution in [0.5, 0.6) is 11.6 Å². The number of aromatic nitrogens is 2. The molecule has 2 amide bonds. The average Bonchev–Trinajstić information content (AvgIpc) is 2.72. The Kier molecular flexibility index (Phi) is 8.69. The van der Waals surface area contributed by atoms with Crippen LogP contribution in [0.15, 0.2) is 33.2 Å². The van der Waals surface area contributed by atoms with Gasteiger partial charge in [-0.2, -0.15) is 15.5 Å². The van der Waals surface area contributed by atoms with Crippen LogP contribution in [-0.4, -0.2) is 34.8 Å². The van der Waals surface area contributed by atoms with Gasteiger partial charge in [0, 0.05) is 11.6 Å². The number of azo groups is 1. The van der Waals surface area contributed by atoms with Gasteiger partial charge in [0.25, 0.3) is 11.5 Å². The Bertz CT molecular complexity index is 1120. The summed E-state index contributed by atoms with van der Waals surface area (Å²) in [6.07, 6.45) is -1.00. The van der Waals surface area contributed by atoms with Crippen LogP contribution in [0.2, 0.25) is 10.0 Å². The molecular formula is C19H18Cl2N6O5. The Hall–Kier alpha value is -3.49.